The van der Waals surface area contributed by atoms with Gasteiger partial charge in [-0.2, -0.15) is 0 Å². The minimum Gasteiger partial charge on any atom is -0.468 e. The number of nitrogens with zero attached hydrogens (tertiary/aromatic N) is 2. The highest BCUT2D eigenvalue weighted by Gasteiger charge is 2.82. The molecule has 5 aliphatic heterocycles. The minimum atomic E-state index is -0.849. The molecule has 8 atom stereocenters. The van der Waals surface area contributed by atoms with Crippen molar-refractivity contribution in [3.63, 3.8) is 0 Å². The van der Waals surface area contributed by atoms with E-state index in [0.717, 1.165) is 19.4 Å². The highest BCUT2D eigenvalue weighted by atomic mass is 16.5. The van der Waals surface area contributed by atoms with Crippen LogP contribution in [0, 0.1) is 11.3 Å². The van der Waals surface area contributed by atoms with Crippen molar-refractivity contribution in [3.05, 3.63) is 41.5 Å². The lowest BCUT2D eigenvalue weighted by Gasteiger charge is -2.61. The lowest BCUT2D eigenvalue weighted by atomic mass is 9.58. The molecule has 1 saturated carbocycles. The largest absolute Gasteiger partial charge is 0.468 e. The summed E-state index contributed by atoms with van der Waals surface area (Å²) in [5.41, 5.74) is 2.48. The molecule has 1 aromatic carbocycles. The van der Waals surface area contributed by atoms with Gasteiger partial charge in [0.2, 0.25) is 0 Å². The standard InChI is InChI=1S/C22H26N2O3/c1-4-12-11-24-16-9-14(12)22(20(26)27-3)17(24)10-21(19(22)25)13-7-5-6-8-15(13)23(2)18(16)21/h4-8,14,16-19,25H,9-11H2,1-3H3/t14-,16-,17-,18-,19-,21+,22+/m0/s1. The Balaban J connectivity index is 1.67. The van der Waals surface area contributed by atoms with Crippen LogP contribution in [-0.2, 0) is 14.9 Å². The second kappa shape index (κ2) is 4.76. The van der Waals surface area contributed by atoms with Crippen LogP contribution in [0.15, 0.2) is 35.9 Å². The fraction of sp³-hybridized carbons (Fsp3) is 0.591. The summed E-state index contributed by atoms with van der Waals surface area (Å²) < 4.78 is 5.37. The monoisotopic (exact) mass is 366 g/mol. The van der Waals surface area contributed by atoms with Gasteiger partial charge in [0.15, 0.2) is 0 Å². The molecule has 0 aromatic heterocycles. The molecule has 142 valence electrons. The Bertz CT molecular complexity index is 897. The first-order valence-electron chi connectivity index (χ1n) is 10.0. The Kier molecular flexibility index (Phi) is 2.84. The van der Waals surface area contributed by atoms with Crippen LogP contribution < -0.4 is 4.90 Å². The number of fused-ring (bicyclic) bond motifs is 2. The molecule has 0 radical (unpaired) electrons. The molecule has 27 heavy (non-hydrogen) atoms. The summed E-state index contributed by atoms with van der Waals surface area (Å²) in [4.78, 5) is 18.2. The van der Waals surface area contributed by atoms with Crippen LogP contribution in [0.25, 0.3) is 0 Å². The Labute approximate surface area is 159 Å². The molecule has 1 unspecified atom stereocenters. The van der Waals surface area contributed by atoms with E-state index in [2.05, 4.69) is 54.1 Å². The quantitative estimate of drug-likeness (QED) is 0.606. The molecule has 0 amide bonds. The Morgan fingerprint density at radius 3 is 2.89 bits per heavy atom. The third-order valence-corrected chi connectivity index (χ3v) is 8.72. The van der Waals surface area contributed by atoms with Crippen molar-refractivity contribution in [2.24, 2.45) is 11.3 Å². The fourth-order valence-electron chi connectivity index (χ4n) is 7.97. The number of benzene rings is 1. The van der Waals surface area contributed by atoms with Crippen LogP contribution in [0.5, 0.6) is 0 Å². The van der Waals surface area contributed by atoms with Crippen molar-refractivity contribution >= 4 is 11.7 Å². The molecule has 1 aromatic rings. The van der Waals surface area contributed by atoms with Crippen molar-refractivity contribution in [3.8, 4) is 0 Å². The zero-order valence-corrected chi connectivity index (χ0v) is 16.1. The number of likely N-dealkylation sites (N-methyl/N-ethyl adjacent to an activating group) is 1. The van der Waals surface area contributed by atoms with Gasteiger partial charge in [0.05, 0.1) is 19.3 Å². The van der Waals surface area contributed by atoms with Gasteiger partial charge in [0.25, 0.3) is 0 Å². The third-order valence-electron chi connectivity index (χ3n) is 8.72. The van der Waals surface area contributed by atoms with Crippen molar-refractivity contribution < 1.29 is 14.6 Å². The second-order valence-corrected chi connectivity index (χ2v) is 9.05. The number of aliphatic hydroxyl groups excluding tert-OH is 1. The molecule has 7 rings (SSSR count). The van der Waals surface area contributed by atoms with Gasteiger partial charge < -0.3 is 14.7 Å². The summed E-state index contributed by atoms with van der Waals surface area (Å²) in [6, 6.07) is 9.09. The first-order valence-corrected chi connectivity index (χ1v) is 10.0. The maximum absolute atomic E-state index is 13.3. The number of aliphatic hydroxyl groups is 1. The first-order chi connectivity index (χ1) is 13.0. The summed E-state index contributed by atoms with van der Waals surface area (Å²) in [6.45, 7) is 2.97. The van der Waals surface area contributed by atoms with Crippen LogP contribution in [-0.4, -0.2) is 60.9 Å². The zero-order valence-electron chi connectivity index (χ0n) is 16.1. The molecular weight excluding hydrogens is 340 g/mol. The molecule has 1 spiro atoms. The molecular formula is C22H26N2O3. The van der Waals surface area contributed by atoms with Crippen LogP contribution in [0.1, 0.15) is 25.3 Å². The number of hydrogen-bond acceptors (Lipinski definition) is 5. The zero-order chi connectivity index (χ0) is 18.7. The number of carbonyl (C=O) groups excluding carboxylic acids is 1. The van der Waals surface area contributed by atoms with Crippen LogP contribution in [0.3, 0.4) is 0 Å². The number of anilines is 1. The highest BCUT2D eigenvalue weighted by molar-refractivity contribution is 5.84. The van der Waals surface area contributed by atoms with Gasteiger partial charge in [-0.3, -0.25) is 9.69 Å². The smallest absolute Gasteiger partial charge is 0.316 e. The SMILES string of the molecule is CC=C1CN2[C@H]3C[C@@]45c6ccccc6N(C)[C@H]4[C@@H]2C[C@@H]1[C@]3(C(=O)OC)[C@H]5O. The number of ether oxygens (including phenoxy) is 1. The van der Waals surface area contributed by atoms with E-state index in [1.807, 2.05) is 0 Å². The molecule has 5 bridgehead atoms. The van der Waals surface area contributed by atoms with E-state index in [9.17, 15) is 9.90 Å². The normalized spacial score (nSPS) is 49.5. The number of allylic oxidation sites excluding steroid dienone is 1. The van der Waals surface area contributed by atoms with Crippen molar-refractivity contribution in [1.29, 1.82) is 0 Å². The van der Waals surface area contributed by atoms with Crippen LogP contribution in [0.4, 0.5) is 5.69 Å². The number of piperidine rings is 4. The Morgan fingerprint density at radius 2 is 2.15 bits per heavy atom. The van der Waals surface area contributed by atoms with Crippen molar-refractivity contribution in [1.82, 2.24) is 4.90 Å². The molecule has 5 heterocycles. The number of methoxy groups -OCH3 is 1. The summed E-state index contributed by atoms with van der Waals surface area (Å²) >= 11 is 0. The summed E-state index contributed by atoms with van der Waals surface area (Å²) in [5.74, 6) is -0.146. The molecule has 5 nitrogen and oxygen atoms in total. The van der Waals surface area contributed by atoms with E-state index in [4.69, 9.17) is 4.74 Å². The minimum absolute atomic E-state index is 0.0585. The number of rotatable bonds is 1. The molecule has 1 aliphatic carbocycles. The predicted molar refractivity (Wildman–Crippen MR) is 102 cm³/mol. The number of carbonyl (C=O) groups is 1. The van der Waals surface area contributed by atoms with Gasteiger partial charge in [-0.1, -0.05) is 29.8 Å². The Morgan fingerprint density at radius 1 is 1.37 bits per heavy atom. The highest BCUT2D eigenvalue weighted by Crippen LogP contribution is 2.72. The van der Waals surface area contributed by atoms with Crippen LogP contribution in [0.2, 0.25) is 0 Å². The summed E-state index contributed by atoms with van der Waals surface area (Å²) in [5, 5.41) is 12.0. The van der Waals surface area contributed by atoms with Gasteiger partial charge >= 0.3 is 5.97 Å². The number of esters is 1. The van der Waals surface area contributed by atoms with E-state index < -0.39 is 11.5 Å². The third kappa shape index (κ3) is 1.40. The van der Waals surface area contributed by atoms with Gasteiger partial charge in [-0.25, -0.2) is 0 Å². The van der Waals surface area contributed by atoms with E-state index >= 15 is 0 Å². The number of para-hydroxylation sites is 1. The second-order valence-electron chi connectivity index (χ2n) is 9.05. The number of hydrogen-bond donors (Lipinski definition) is 1. The molecule has 6 aliphatic rings. The average molecular weight is 366 g/mol. The van der Waals surface area contributed by atoms with E-state index in [1.54, 1.807) is 0 Å². The topological polar surface area (TPSA) is 53.0 Å². The van der Waals surface area contributed by atoms with Gasteiger partial charge in [-0.15, -0.1) is 0 Å². The summed E-state index contributed by atoms with van der Waals surface area (Å²) in [7, 11) is 3.63. The van der Waals surface area contributed by atoms with E-state index in [0.29, 0.717) is 6.04 Å². The van der Waals surface area contributed by atoms with Crippen LogP contribution >= 0.6 is 0 Å². The van der Waals surface area contributed by atoms with Gasteiger partial charge in [0, 0.05) is 42.7 Å². The molecule has 5 fully saturated rings. The molecule has 4 saturated heterocycles. The predicted octanol–water partition coefficient (Wildman–Crippen LogP) is 1.70. The maximum atomic E-state index is 13.3. The van der Waals surface area contributed by atoms with E-state index in [-0.39, 0.29) is 29.4 Å². The lowest BCUT2D eigenvalue weighted by molar-refractivity contribution is -0.179. The average Bonchev–Trinajstić information content (AvgIpc) is 3.08. The Hall–Kier alpha value is -1.85. The van der Waals surface area contributed by atoms with Crippen molar-refractivity contribution in [2.45, 2.75) is 49.4 Å². The molecule has 5 heteroatoms. The lowest BCUT2D eigenvalue weighted by Crippen LogP contribution is -2.71. The fourth-order valence-corrected chi connectivity index (χ4v) is 7.97. The van der Waals surface area contributed by atoms with Gasteiger partial charge in [0.1, 0.15) is 5.41 Å². The van der Waals surface area contributed by atoms with Gasteiger partial charge in [-0.05, 0) is 31.4 Å². The maximum Gasteiger partial charge on any atom is 0.316 e. The van der Waals surface area contributed by atoms with Crippen molar-refractivity contribution in [2.75, 3.05) is 25.6 Å². The molecule has 1 N–H and O–H groups in total. The summed E-state index contributed by atoms with van der Waals surface area (Å²) in [6.07, 6.45) is 3.19. The van der Waals surface area contributed by atoms with E-state index in [1.165, 1.54) is 23.9 Å². The first kappa shape index (κ1) is 16.1.